The lowest BCUT2D eigenvalue weighted by Crippen LogP contribution is -2.25. The van der Waals surface area contributed by atoms with Crippen molar-refractivity contribution in [3.8, 4) is 0 Å². The highest BCUT2D eigenvalue weighted by atomic mass is 35.5. The van der Waals surface area contributed by atoms with Crippen molar-refractivity contribution in [2.75, 3.05) is 0 Å². The van der Waals surface area contributed by atoms with Crippen LogP contribution in [0.15, 0.2) is 24.3 Å². The number of carbonyl (C=O) groups excluding carboxylic acids is 1. The van der Waals surface area contributed by atoms with Gasteiger partial charge < -0.3 is 10.0 Å². The average molecular weight is 184 g/mol. The summed E-state index contributed by atoms with van der Waals surface area (Å²) in [7, 11) is -1.95. The number of hydrogen-bond acceptors (Lipinski definition) is 3. The van der Waals surface area contributed by atoms with Crippen molar-refractivity contribution >= 4 is 24.4 Å². The number of hydrogen-bond donors (Lipinski definition) is 2. The van der Waals surface area contributed by atoms with Gasteiger partial charge in [0.1, 0.15) is 0 Å². The van der Waals surface area contributed by atoms with Crippen LogP contribution in [0.5, 0.6) is 0 Å². The third-order valence-corrected chi connectivity index (χ3v) is 1.62. The van der Waals surface area contributed by atoms with Crippen LogP contribution in [0.1, 0.15) is 10.4 Å². The van der Waals surface area contributed by atoms with Crippen molar-refractivity contribution in [2.24, 2.45) is 0 Å². The van der Waals surface area contributed by atoms with Gasteiger partial charge in [-0.1, -0.05) is 23.7 Å². The fourth-order valence-corrected chi connectivity index (χ4v) is 0.889. The Morgan fingerprint density at radius 2 is 1.75 bits per heavy atom. The van der Waals surface area contributed by atoms with Crippen LogP contribution >= 0.6 is 11.6 Å². The van der Waals surface area contributed by atoms with Gasteiger partial charge in [0.15, 0.2) is 5.68 Å². The zero-order valence-corrected chi connectivity index (χ0v) is 6.82. The third kappa shape index (κ3) is 2.07. The van der Waals surface area contributed by atoms with Gasteiger partial charge in [0.2, 0.25) is 0 Å². The second-order valence-electron chi connectivity index (χ2n) is 2.24. The van der Waals surface area contributed by atoms with E-state index in [2.05, 4.69) is 0 Å². The van der Waals surface area contributed by atoms with E-state index < -0.39 is 12.8 Å². The zero-order chi connectivity index (χ0) is 9.14. The van der Waals surface area contributed by atoms with Crippen LogP contribution in [0.2, 0.25) is 5.02 Å². The Balaban J connectivity index is 2.90. The second-order valence-corrected chi connectivity index (χ2v) is 2.68. The molecule has 0 saturated carbocycles. The predicted octanol–water partition coefficient (Wildman–Crippen LogP) is 0.535. The molecule has 0 radical (unpaired) electrons. The van der Waals surface area contributed by atoms with Crippen LogP contribution in [-0.4, -0.2) is 22.8 Å². The van der Waals surface area contributed by atoms with Crippen LogP contribution in [0.3, 0.4) is 0 Å². The van der Waals surface area contributed by atoms with Crippen molar-refractivity contribution in [1.29, 1.82) is 0 Å². The van der Waals surface area contributed by atoms with Gasteiger partial charge in [0.05, 0.1) is 0 Å². The molecule has 5 heteroatoms. The summed E-state index contributed by atoms with van der Waals surface area (Å²) in [5.74, 6) is 0. The topological polar surface area (TPSA) is 57.5 Å². The second kappa shape index (κ2) is 3.71. The predicted molar refractivity (Wildman–Crippen MR) is 46.0 cm³/mol. The lowest BCUT2D eigenvalue weighted by Gasteiger charge is -1.97. The summed E-state index contributed by atoms with van der Waals surface area (Å²) < 4.78 is 0. The number of rotatable bonds is 2. The zero-order valence-electron chi connectivity index (χ0n) is 6.07. The van der Waals surface area contributed by atoms with Crippen LogP contribution in [0.4, 0.5) is 0 Å². The molecular weight excluding hydrogens is 178 g/mol. The standard InChI is InChI=1S/C7H6BClO3/c9-6-3-1-5(2-4-6)7(10)8(11)12/h1-4,11-12H. The molecule has 0 spiro atoms. The molecule has 1 aromatic carbocycles. The minimum atomic E-state index is -1.95. The molecule has 0 unspecified atom stereocenters. The molecule has 0 aliphatic rings. The van der Waals surface area contributed by atoms with Crippen LogP contribution < -0.4 is 0 Å². The lowest BCUT2D eigenvalue weighted by molar-refractivity contribution is 0.103. The number of halogens is 1. The molecular formula is C7H6BClO3. The Bertz CT molecular complexity index is 283. The molecule has 0 heterocycles. The Kier molecular flexibility index (Phi) is 2.86. The van der Waals surface area contributed by atoms with E-state index in [9.17, 15) is 4.79 Å². The molecule has 2 N–H and O–H groups in total. The van der Waals surface area contributed by atoms with Crippen molar-refractivity contribution in [2.45, 2.75) is 0 Å². The monoisotopic (exact) mass is 184 g/mol. The maximum Gasteiger partial charge on any atom is 0.532 e. The van der Waals surface area contributed by atoms with Gasteiger partial charge in [-0.2, -0.15) is 0 Å². The van der Waals surface area contributed by atoms with Crippen molar-refractivity contribution in [3.05, 3.63) is 34.9 Å². The first kappa shape index (κ1) is 9.25. The largest absolute Gasteiger partial charge is 0.532 e. The normalized spacial score (nSPS) is 9.58. The number of benzene rings is 1. The van der Waals surface area contributed by atoms with E-state index in [0.717, 1.165) is 0 Å². The Morgan fingerprint density at radius 1 is 1.25 bits per heavy atom. The molecule has 1 rings (SSSR count). The fraction of sp³-hybridized carbons (Fsp3) is 0. The summed E-state index contributed by atoms with van der Waals surface area (Å²) >= 11 is 5.56. The molecule has 0 aliphatic carbocycles. The summed E-state index contributed by atoms with van der Waals surface area (Å²) in [6, 6.07) is 5.89. The van der Waals surface area contributed by atoms with E-state index in [4.69, 9.17) is 21.6 Å². The number of carbonyl (C=O) groups is 1. The van der Waals surface area contributed by atoms with Crippen molar-refractivity contribution in [1.82, 2.24) is 0 Å². The summed E-state index contributed by atoms with van der Waals surface area (Å²) in [5, 5.41) is 17.5. The molecule has 0 bridgehead atoms. The maximum absolute atomic E-state index is 10.9. The smallest absolute Gasteiger partial charge is 0.421 e. The molecule has 0 atom stereocenters. The maximum atomic E-state index is 10.9. The Labute approximate surface area is 74.7 Å². The van der Waals surface area contributed by atoms with E-state index in [1.165, 1.54) is 24.3 Å². The SMILES string of the molecule is O=C(B(O)O)c1ccc(Cl)cc1. The Hall–Kier alpha value is -0.835. The van der Waals surface area contributed by atoms with Crippen molar-refractivity contribution < 1.29 is 14.8 Å². The van der Waals surface area contributed by atoms with Gasteiger partial charge in [-0.3, -0.25) is 4.79 Å². The average Bonchev–Trinajstić information content (AvgIpc) is 2.04. The summed E-state index contributed by atoms with van der Waals surface area (Å²) in [6.45, 7) is 0. The molecule has 3 nitrogen and oxygen atoms in total. The molecule has 0 fully saturated rings. The van der Waals surface area contributed by atoms with Gasteiger partial charge in [-0.25, -0.2) is 0 Å². The first-order valence-electron chi connectivity index (χ1n) is 3.27. The summed E-state index contributed by atoms with van der Waals surface area (Å²) in [4.78, 5) is 10.9. The van der Waals surface area contributed by atoms with E-state index in [1.54, 1.807) is 0 Å². The first-order chi connectivity index (χ1) is 5.61. The van der Waals surface area contributed by atoms with Crippen LogP contribution in [0.25, 0.3) is 0 Å². The molecule has 12 heavy (non-hydrogen) atoms. The Morgan fingerprint density at radius 3 is 2.17 bits per heavy atom. The molecule has 0 aliphatic heterocycles. The molecule has 1 aromatic rings. The quantitative estimate of drug-likeness (QED) is 0.660. The lowest BCUT2D eigenvalue weighted by atomic mass is 9.80. The minimum absolute atomic E-state index is 0.231. The van der Waals surface area contributed by atoms with E-state index >= 15 is 0 Å². The third-order valence-electron chi connectivity index (χ3n) is 1.36. The highest BCUT2D eigenvalue weighted by Gasteiger charge is 2.20. The molecule has 0 aromatic heterocycles. The highest BCUT2D eigenvalue weighted by Crippen LogP contribution is 2.09. The van der Waals surface area contributed by atoms with E-state index in [0.29, 0.717) is 5.02 Å². The van der Waals surface area contributed by atoms with E-state index in [-0.39, 0.29) is 5.56 Å². The summed E-state index contributed by atoms with van der Waals surface area (Å²) in [5.41, 5.74) is -0.499. The summed E-state index contributed by atoms with van der Waals surface area (Å²) in [6.07, 6.45) is 0. The van der Waals surface area contributed by atoms with Crippen LogP contribution in [0, 0.1) is 0 Å². The van der Waals surface area contributed by atoms with Gasteiger partial charge in [-0.05, 0) is 12.1 Å². The molecule has 0 saturated heterocycles. The van der Waals surface area contributed by atoms with Crippen LogP contribution in [-0.2, 0) is 0 Å². The van der Waals surface area contributed by atoms with Crippen molar-refractivity contribution in [3.63, 3.8) is 0 Å². The van der Waals surface area contributed by atoms with Gasteiger partial charge in [-0.15, -0.1) is 0 Å². The van der Waals surface area contributed by atoms with Gasteiger partial charge in [0.25, 0.3) is 0 Å². The minimum Gasteiger partial charge on any atom is -0.421 e. The van der Waals surface area contributed by atoms with E-state index in [1.807, 2.05) is 0 Å². The fourth-order valence-electron chi connectivity index (χ4n) is 0.763. The van der Waals surface area contributed by atoms with Gasteiger partial charge in [0, 0.05) is 10.6 Å². The highest BCUT2D eigenvalue weighted by molar-refractivity contribution is 6.81. The van der Waals surface area contributed by atoms with Gasteiger partial charge >= 0.3 is 7.12 Å². The molecule has 0 amide bonds. The first-order valence-corrected chi connectivity index (χ1v) is 3.65. The molecule has 62 valence electrons.